The largest absolute Gasteiger partial charge is 0.311 e. The molecule has 0 aliphatic rings. The third kappa shape index (κ3) is 1.39. The number of hydrogen-bond acceptors (Lipinski definition) is 1. The molecular weight excluding hydrogens is 222 g/mol. The number of nitrogens with zero attached hydrogens (tertiary/aromatic N) is 1. The van der Waals surface area contributed by atoms with Gasteiger partial charge in [-0.25, -0.2) is 0 Å². The highest BCUT2D eigenvalue weighted by molar-refractivity contribution is 6.06. The van der Waals surface area contributed by atoms with E-state index in [-0.39, 0.29) is 5.56 Å². The van der Waals surface area contributed by atoms with E-state index in [1.807, 2.05) is 38.2 Å². The second kappa shape index (κ2) is 3.70. The number of rotatable bonds is 0. The van der Waals surface area contributed by atoms with E-state index in [0.29, 0.717) is 0 Å². The maximum absolute atomic E-state index is 12.4. The molecule has 0 saturated heterocycles. The number of pyridine rings is 1. The summed E-state index contributed by atoms with van der Waals surface area (Å²) in [5.41, 5.74) is 3.45. The van der Waals surface area contributed by atoms with Gasteiger partial charge in [-0.1, -0.05) is 24.3 Å². The van der Waals surface area contributed by atoms with E-state index in [1.54, 1.807) is 4.57 Å². The van der Waals surface area contributed by atoms with E-state index >= 15 is 0 Å². The van der Waals surface area contributed by atoms with Crippen LogP contribution in [0.1, 0.15) is 11.1 Å². The SMILES string of the molecule is Cc1cc2c(=O)n(C)c3ccccc3c2cc1C. The van der Waals surface area contributed by atoms with E-state index in [0.717, 1.165) is 27.2 Å². The summed E-state index contributed by atoms with van der Waals surface area (Å²) in [6.45, 7) is 4.13. The predicted molar refractivity (Wildman–Crippen MR) is 76.2 cm³/mol. The summed E-state index contributed by atoms with van der Waals surface area (Å²) >= 11 is 0. The molecule has 0 aliphatic carbocycles. The number of aromatic nitrogens is 1. The second-order valence-corrected chi connectivity index (χ2v) is 4.86. The van der Waals surface area contributed by atoms with Crippen molar-refractivity contribution in [3.63, 3.8) is 0 Å². The fourth-order valence-electron chi connectivity index (χ4n) is 2.50. The Morgan fingerprint density at radius 1 is 0.889 bits per heavy atom. The second-order valence-electron chi connectivity index (χ2n) is 4.86. The molecule has 0 fully saturated rings. The third-order valence-electron chi connectivity index (χ3n) is 3.72. The van der Waals surface area contributed by atoms with Crippen molar-refractivity contribution in [3.05, 3.63) is 57.9 Å². The van der Waals surface area contributed by atoms with E-state index in [9.17, 15) is 4.79 Å². The highest BCUT2D eigenvalue weighted by Crippen LogP contribution is 2.24. The molecule has 0 atom stereocenters. The summed E-state index contributed by atoms with van der Waals surface area (Å²) < 4.78 is 1.73. The van der Waals surface area contributed by atoms with Crippen molar-refractivity contribution in [2.45, 2.75) is 13.8 Å². The molecule has 1 heterocycles. The lowest BCUT2D eigenvalue weighted by Gasteiger charge is -2.10. The molecule has 3 rings (SSSR count). The third-order valence-corrected chi connectivity index (χ3v) is 3.72. The molecule has 2 heteroatoms. The first kappa shape index (κ1) is 11.0. The molecule has 1 aromatic heterocycles. The number of para-hydroxylation sites is 1. The summed E-state index contributed by atoms with van der Waals surface area (Å²) in [7, 11) is 1.83. The number of hydrogen-bond donors (Lipinski definition) is 0. The van der Waals surface area contributed by atoms with Crippen molar-refractivity contribution < 1.29 is 0 Å². The van der Waals surface area contributed by atoms with Gasteiger partial charge in [0.05, 0.1) is 5.52 Å². The molecule has 0 amide bonds. The molecule has 0 radical (unpaired) electrons. The standard InChI is InChI=1S/C16H15NO/c1-10-8-13-12-6-4-5-7-15(12)17(3)16(18)14(13)9-11(10)2/h4-9H,1-3H3. The molecule has 2 nitrogen and oxygen atoms in total. The van der Waals surface area contributed by atoms with Crippen LogP contribution in [-0.4, -0.2) is 4.57 Å². The lowest BCUT2D eigenvalue weighted by Crippen LogP contribution is -2.17. The summed E-state index contributed by atoms with van der Waals surface area (Å²) in [5.74, 6) is 0. The molecule has 0 saturated carbocycles. The van der Waals surface area contributed by atoms with Crippen LogP contribution >= 0.6 is 0 Å². The lowest BCUT2D eigenvalue weighted by atomic mass is 10.0. The Labute approximate surface area is 105 Å². The van der Waals surface area contributed by atoms with Crippen LogP contribution in [0.4, 0.5) is 0 Å². The predicted octanol–water partition coefficient (Wildman–Crippen LogP) is 3.31. The maximum atomic E-state index is 12.4. The summed E-state index contributed by atoms with van der Waals surface area (Å²) in [5, 5.41) is 2.99. The Hall–Kier alpha value is -2.09. The molecule has 3 aromatic rings. The van der Waals surface area contributed by atoms with Gasteiger partial charge in [-0.05, 0) is 42.5 Å². The smallest absolute Gasteiger partial charge is 0.258 e. The minimum absolute atomic E-state index is 0.0757. The summed E-state index contributed by atoms with van der Waals surface area (Å²) in [6, 6.07) is 12.2. The zero-order valence-corrected chi connectivity index (χ0v) is 10.8. The fourth-order valence-corrected chi connectivity index (χ4v) is 2.50. The highest BCUT2D eigenvalue weighted by atomic mass is 16.1. The van der Waals surface area contributed by atoms with Crippen molar-refractivity contribution in [1.82, 2.24) is 4.57 Å². The van der Waals surface area contributed by atoms with Crippen LogP contribution in [0.15, 0.2) is 41.2 Å². The van der Waals surface area contributed by atoms with Gasteiger partial charge in [-0.3, -0.25) is 4.79 Å². The van der Waals surface area contributed by atoms with Gasteiger partial charge in [-0.15, -0.1) is 0 Å². The van der Waals surface area contributed by atoms with Crippen LogP contribution < -0.4 is 5.56 Å². The van der Waals surface area contributed by atoms with Crippen LogP contribution in [-0.2, 0) is 7.05 Å². The zero-order chi connectivity index (χ0) is 12.9. The van der Waals surface area contributed by atoms with Gasteiger partial charge in [0.1, 0.15) is 0 Å². The van der Waals surface area contributed by atoms with Gasteiger partial charge in [0.2, 0.25) is 0 Å². The van der Waals surface area contributed by atoms with Crippen LogP contribution in [0.2, 0.25) is 0 Å². The average molecular weight is 237 g/mol. The van der Waals surface area contributed by atoms with Crippen molar-refractivity contribution in [2.75, 3.05) is 0 Å². The van der Waals surface area contributed by atoms with Crippen LogP contribution in [0.5, 0.6) is 0 Å². The first-order valence-corrected chi connectivity index (χ1v) is 6.08. The normalized spacial score (nSPS) is 11.3. The molecule has 0 N–H and O–H groups in total. The molecule has 90 valence electrons. The highest BCUT2D eigenvalue weighted by Gasteiger charge is 2.09. The number of benzene rings is 2. The number of fused-ring (bicyclic) bond motifs is 3. The molecule has 18 heavy (non-hydrogen) atoms. The first-order valence-electron chi connectivity index (χ1n) is 6.08. The van der Waals surface area contributed by atoms with Crippen molar-refractivity contribution in [3.8, 4) is 0 Å². The molecule has 0 unspecified atom stereocenters. The number of aryl methyl sites for hydroxylation is 3. The Morgan fingerprint density at radius 3 is 2.22 bits per heavy atom. The van der Waals surface area contributed by atoms with Gasteiger partial charge < -0.3 is 4.57 Å². The van der Waals surface area contributed by atoms with Gasteiger partial charge in [0.25, 0.3) is 5.56 Å². The van der Waals surface area contributed by atoms with Crippen molar-refractivity contribution >= 4 is 21.7 Å². The van der Waals surface area contributed by atoms with E-state index in [1.165, 1.54) is 5.56 Å². The summed E-state index contributed by atoms with van der Waals surface area (Å²) in [6.07, 6.45) is 0. The summed E-state index contributed by atoms with van der Waals surface area (Å²) in [4.78, 5) is 12.4. The fraction of sp³-hybridized carbons (Fsp3) is 0.188. The van der Waals surface area contributed by atoms with Gasteiger partial charge in [0, 0.05) is 17.8 Å². The quantitative estimate of drug-likeness (QED) is 0.550. The van der Waals surface area contributed by atoms with Crippen LogP contribution in [0, 0.1) is 13.8 Å². The van der Waals surface area contributed by atoms with E-state index < -0.39 is 0 Å². The molecule has 2 aromatic carbocycles. The van der Waals surface area contributed by atoms with Gasteiger partial charge in [0.15, 0.2) is 0 Å². The monoisotopic (exact) mass is 237 g/mol. The zero-order valence-electron chi connectivity index (χ0n) is 10.8. The Bertz CT molecular complexity index is 828. The van der Waals surface area contributed by atoms with Crippen LogP contribution in [0.25, 0.3) is 21.7 Å². The molecule has 0 spiro atoms. The average Bonchev–Trinajstić information content (AvgIpc) is 2.38. The van der Waals surface area contributed by atoms with Crippen molar-refractivity contribution in [1.29, 1.82) is 0 Å². The topological polar surface area (TPSA) is 22.0 Å². The Morgan fingerprint density at radius 2 is 1.50 bits per heavy atom. The van der Waals surface area contributed by atoms with Gasteiger partial charge in [-0.2, -0.15) is 0 Å². The maximum Gasteiger partial charge on any atom is 0.258 e. The molecule has 0 bridgehead atoms. The molecular formula is C16H15NO. The minimum atomic E-state index is 0.0757. The Balaban J connectivity index is 2.70. The van der Waals surface area contributed by atoms with Crippen LogP contribution in [0.3, 0.4) is 0 Å². The Kier molecular flexibility index (Phi) is 2.27. The van der Waals surface area contributed by atoms with Gasteiger partial charge >= 0.3 is 0 Å². The van der Waals surface area contributed by atoms with E-state index in [2.05, 4.69) is 19.1 Å². The lowest BCUT2D eigenvalue weighted by molar-refractivity contribution is 0.918. The van der Waals surface area contributed by atoms with Crippen molar-refractivity contribution in [2.24, 2.45) is 7.05 Å². The minimum Gasteiger partial charge on any atom is -0.311 e. The molecule has 0 aliphatic heterocycles. The van der Waals surface area contributed by atoms with E-state index in [4.69, 9.17) is 0 Å². The first-order chi connectivity index (χ1) is 8.59.